The van der Waals surface area contributed by atoms with E-state index in [1.807, 2.05) is 30.3 Å². The van der Waals surface area contributed by atoms with E-state index in [-0.39, 0.29) is 16.7 Å². The Labute approximate surface area is 154 Å². The predicted octanol–water partition coefficient (Wildman–Crippen LogP) is 5.65. The van der Waals surface area contributed by atoms with E-state index in [4.69, 9.17) is 0 Å². The summed E-state index contributed by atoms with van der Waals surface area (Å²) in [5.74, 6) is 0.900. The van der Waals surface area contributed by atoms with Crippen LogP contribution < -0.4 is 4.90 Å². The lowest BCUT2D eigenvalue weighted by Gasteiger charge is -2.30. The molecular weight excluding hydrogens is 359 g/mol. The minimum atomic E-state index is -4.36. The van der Waals surface area contributed by atoms with Crippen LogP contribution in [0.5, 0.6) is 0 Å². The van der Waals surface area contributed by atoms with Gasteiger partial charge in [-0.3, -0.25) is 9.69 Å². The molecule has 0 N–H and O–H groups in total. The van der Waals surface area contributed by atoms with Gasteiger partial charge in [-0.25, -0.2) is 0 Å². The molecule has 0 aromatic heterocycles. The van der Waals surface area contributed by atoms with Gasteiger partial charge in [0.05, 0.1) is 5.56 Å². The van der Waals surface area contributed by atoms with E-state index in [0.717, 1.165) is 42.0 Å². The van der Waals surface area contributed by atoms with Gasteiger partial charge in [-0.1, -0.05) is 30.3 Å². The second-order valence-electron chi connectivity index (χ2n) is 7.06. The maximum Gasteiger partial charge on any atom is 0.416 e. The number of nitrogens with zero attached hydrogens (tertiary/aromatic N) is 1. The zero-order chi connectivity index (χ0) is 18.4. The van der Waals surface area contributed by atoms with E-state index in [1.165, 1.54) is 12.1 Å². The summed E-state index contributed by atoms with van der Waals surface area (Å²) < 4.78 is 38.6. The van der Waals surface area contributed by atoms with Crippen molar-refractivity contribution >= 4 is 23.4 Å². The summed E-state index contributed by atoms with van der Waals surface area (Å²) in [6.45, 7) is 0. The SMILES string of the molecule is O=C1CC2(CC2)CSC(c2ccc(C(F)(F)F)cc2)N1c1ccccc1. The summed E-state index contributed by atoms with van der Waals surface area (Å²) >= 11 is 1.65. The number of thioether (sulfide) groups is 1. The molecule has 0 radical (unpaired) electrons. The van der Waals surface area contributed by atoms with Gasteiger partial charge in [0.1, 0.15) is 5.37 Å². The molecule has 2 nitrogen and oxygen atoms in total. The zero-order valence-corrected chi connectivity index (χ0v) is 14.8. The number of anilines is 1. The lowest BCUT2D eigenvalue weighted by atomic mass is 10.0. The van der Waals surface area contributed by atoms with Gasteiger partial charge in [0.2, 0.25) is 5.91 Å². The van der Waals surface area contributed by atoms with Gasteiger partial charge in [-0.2, -0.15) is 13.2 Å². The molecule has 2 aromatic rings. The third kappa shape index (κ3) is 3.34. The quantitative estimate of drug-likeness (QED) is 0.674. The fourth-order valence-electron chi connectivity index (χ4n) is 3.37. The fourth-order valence-corrected chi connectivity index (χ4v) is 5.01. The van der Waals surface area contributed by atoms with E-state index in [9.17, 15) is 18.0 Å². The standard InChI is InChI=1S/C20H18F3NOS/c21-20(22,23)15-8-6-14(7-9-15)18-24(16-4-2-1-3-5-16)17(25)12-19(10-11-19)13-26-18/h1-9,18H,10-13H2. The summed E-state index contributed by atoms with van der Waals surface area (Å²) in [5, 5.41) is -0.313. The van der Waals surface area contributed by atoms with E-state index in [1.54, 1.807) is 16.7 Å². The normalized spacial score (nSPS) is 22.3. The number of para-hydroxylation sites is 1. The molecule has 1 spiro atoms. The van der Waals surface area contributed by atoms with Crippen molar-refractivity contribution in [1.29, 1.82) is 0 Å². The summed E-state index contributed by atoms with van der Waals surface area (Å²) in [6, 6.07) is 14.6. The lowest BCUT2D eigenvalue weighted by Crippen LogP contribution is -2.32. The van der Waals surface area contributed by atoms with Gasteiger partial charge in [0, 0.05) is 17.9 Å². The minimum Gasteiger partial charge on any atom is -0.296 e. The summed E-state index contributed by atoms with van der Waals surface area (Å²) in [7, 11) is 0. The van der Waals surface area contributed by atoms with Crippen LogP contribution in [-0.4, -0.2) is 11.7 Å². The first-order chi connectivity index (χ1) is 12.4. The van der Waals surface area contributed by atoms with Crippen molar-refractivity contribution in [2.45, 2.75) is 30.8 Å². The molecule has 1 unspecified atom stereocenters. The molecular formula is C20H18F3NOS. The highest BCUT2D eigenvalue weighted by Crippen LogP contribution is 2.56. The van der Waals surface area contributed by atoms with Crippen LogP contribution in [0.1, 0.15) is 35.8 Å². The first-order valence-corrected chi connectivity index (χ1v) is 9.59. The Bertz CT molecular complexity index is 800. The highest BCUT2D eigenvalue weighted by molar-refractivity contribution is 7.99. The molecule has 4 rings (SSSR count). The van der Waals surface area contributed by atoms with Crippen LogP contribution in [0.4, 0.5) is 18.9 Å². The molecule has 1 aliphatic carbocycles. The molecule has 1 amide bonds. The number of benzene rings is 2. The number of carbonyl (C=O) groups excluding carboxylic acids is 1. The van der Waals surface area contributed by atoms with Crippen molar-refractivity contribution in [2.24, 2.45) is 5.41 Å². The summed E-state index contributed by atoms with van der Waals surface area (Å²) in [4.78, 5) is 14.8. The van der Waals surface area contributed by atoms with Crippen molar-refractivity contribution in [3.63, 3.8) is 0 Å². The van der Waals surface area contributed by atoms with Gasteiger partial charge in [-0.05, 0) is 48.1 Å². The summed E-state index contributed by atoms with van der Waals surface area (Å²) in [5.41, 5.74) is 0.914. The van der Waals surface area contributed by atoms with Crippen molar-refractivity contribution in [3.8, 4) is 0 Å². The Morgan fingerprint density at radius 1 is 1.00 bits per heavy atom. The Kier molecular flexibility index (Phi) is 4.26. The number of hydrogen-bond acceptors (Lipinski definition) is 2. The Hall–Kier alpha value is -1.95. The number of amides is 1. The van der Waals surface area contributed by atoms with E-state index < -0.39 is 11.7 Å². The average Bonchev–Trinajstić information content (AvgIpc) is 3.40. The second kappa shape index (κ2) is 6.34. The average molecular weight is 377 g/mol. The molecule has 1 saturated heterocycles. The molecule has 6 heteroatoms. The molecule has 0 bridgehead atoms. The summed E-state index contributed by atoms with van der Waals surface area (Å²) in [6.07, 6.45) is -1.75. The fraction of sp³-hybridized carbons (Fsp3) is 0.350. The topological polar surface area (TPSA) is 20.3 Å². The maximum absolute atomic E-state index is 13.0. The van der Waals surface area contributed by atoms with Gasteiger partial charge < -0.3 is 0 Å². The van der Waals surface area contributed by atoms with Crippen molar-refractivity contribution < 1.29 is 18.0 Å². The highest BCUT2D eigenvalue weighted by Gasteiger charge is 2.49. The molecule has 1 atom stereocenters. The number of carbonyl (C=O) groups is 1. The van der Waals surface area contributed by atoms with Crippen molar-refractivity contribution in [1.82, 2.24) is 0 Å². The number of rotatable bonds is 2. The van der Waals surface area contributed by atoms with Crippen LogP contribution >= 0.6 is 11.8 Å². The predicted molar refractivity (Wildman–Crippen MR) is 96.9 cm³/mol. The maximum atomic E-state index is 13.0. The van der Waals surface area contributed by atoms with Crippen LogP contribution in [0, 0.1) is 5.41 Å². The highest BCUT2D eigenvalue weighted by atomic mass is 32.2. The van der Waals surface area contributed by atoms with Crippen LogP contribution in [-0.2, 0) is 11.0 Å². The number of hydrogen-bond donors (Lipinski definition) is 0. The third-order valence-electron chi connectivity index (χ3n) is 5.09. The smallest absolute Gasteiger partial charge is 0.296 e. The van der Waals surface area contributed by atoms with Gasteiger partial charge in [0.25, 0.3) is 0 Å². The zero-order valence-electron chi connectivity index (χ0n) is 14.0. The number of halogens is 3. The molecule has 2 aromatic carbocycles. The molecule has 1 aliphatic heterocycles. The van der Waals surface area contributed by atoms with Crippen LogP contribution in [0.15, 0.2) is 54.6 Å². The number of alkyl halides is 3. The molecule has 136 valence electrons. The van der Waals surface area contributed by atoms with Crippen molar-refractivity contribution in [3.05, 3.63) is 65.7 Å². The first-order valence-electron chi connectivity index (χ1n) is 8.54. The minimum absolute atomic E-state index is 0.0450. The monoisotopic (exact) mass is 377 g/mol. The van der Waals surface area contributed by atoms with Crippen LogP contribution in [0.25, 0.3) is 0 Å². The van der Waals surface area contributed by atoms with Gasteiger partial charge in [0.15, 0.2) is 0 Å². The Morgan fingerprint density at radius 3 is 2.23 bits per heavy atom. The third-order valence-corrected chi connectivity index (χ3v) is 6.67. The molecule has 2 fully saturated rings. The largest absolute Gasteiger partial charge is 0.416 e. The van der Waals surface area contributed by atoms with Crippen molar-refractivity contribution in [2.75, 3.05) is 10.7 Å². The first kappa shape index (κ1) is 17.5. The van der Waals surface area contributed by atoms with Crippen LogP contribution in [0.2, 0.25) is 0 Å². The van der Waals surface area contributed by atoms with E-state index in [2.05, 4.69) is 0 Å². The van der Waals surface area contributed by atoms with E-state index in [0.29, 0.717) is 6.42 Å². The lowest BCUT2D eigenvalue weighted by molar-refractivity contribution is -0.137. The molecule has 1 saturated carbocycles. The van der Waals surface area contributed by atoms with Gasteiger partial charge >= 0.3 is 6.18 Å². The molecule has 2 aliphatic rings. The van der Waals surface area contributed by atoms with E-state index >= 15 is 0 Å². The molecule has 26 heavy (non-hydrogen) atoms. The Morgan fingerprint density at radius 2 is 1.65 bits per heavy atom. The molecule has 1 heterocycles. The van der Waals surface area contributed by atoms with Gasteiger partial charge in [-0.15, -0.1) is 11.8 Å². The second-order valence-corrected chi connectivity index (χ2v) is 8.13. The Balaban J connectivity index is 1.71. The van der Waals surface area contributed by atoms with Crippen LogP contribution in [0.3, 0.4) is 0 Å².